The maximum absolute atomic E-state index is 11.3. The summed E-state index contributed by atoms with van der Waals surface area (Å²) in [5.74, 6) is 0.537. The van der Waals surface area contributed by atoms with E-state index in [2.05, 4.69) is 15.7 Å². The summed E-state index contributed by atoms with van der Waals surface area (Å²) in [7, 11) is -1.42. The van der Waals surface area contributed by atoms with Gasteiger partial charge in [0.05, 0.1) is 10.6 Å². The summed E-state index contributed by atoms with van der Waals surface area (Å²) in [4.78, 5) is 4.23. The predicted molar refractivity (Wildman–Crippen MR) is 73.9 cm³/mol. The van der Waals surface area contributed by atoms with Gasteiger partial charge in [0, 0.05) is 25.7 Å². The smallest absolute Gasteiger partial charge is 0.177 e. The Morgan fingerprint density at radius 2 is 2.16 bits per heavy atom. The molecule has 6 nitrogen and oxygen atoms in total. The summed E-state index contributed by atoms with van der Waals surface area (Å²) in [6.07, 6.45) is 5.95. The second kappa shape index (κ2) is 5.10. The van der Waals surface area contributed by atoms with Gasteiger partial charge in [0.2, 0.25) is 0 Å². The van der Waals surface area contributed by atoms with Gasteiger partial charge in [-0.25, -0.2) is 13.4 Å². The molecule has 0 saturated carbocycles. The number of pyridine rings is 1. The molecule has 0 radical (unpaired) electrons. The predicted octanol–water partition coefficient (Wildman–Crippen LogP) is 1.27. The van der Waals surface area contributed by atoms with E-state index in [0.29, 0.717) is 11.0 Å². The molecule has 0 aliphatic carbocycles. The number of aromatic nitrogens is 1. The molecule has 0 atom stereocenters. The SMILES string of the molecule is CN1C=C(Nc2ccc(S(C)(=O)=O)cn2)C=C(Cl)N1. The van der Waals surface area contributed by atoms with Gasteiger partial charge in [-0.2, -0.15) is 0 Å². The normalized spacial score (nSPS) is 15.4. The van der Waals surface area contributed by atoms with Crippen molar-refractivity contribution in [2.75, 3.05) is 18.6 Å². The van der Waals surface area contributed by atoms with Crippen LogP contribution < -0.4 is 10.7 Å². The molecule has 0 unspecified atom stereocenters. The molecule has 1 aromatic rings. The maximum Gasteiger partial charge on any atom is 0.177 e. The Bertz CT molecular complexity index is 637. The van der Waals surface area contributed by atoms with Gasteiger partial charge in [-0.05, 0) is 18.2 Å². The number of nitrogens with one attached hydrogen (secondary N) is 2. The number of anilines is 1. The highest BCUT2D eigenvalue weighted by Gasteiger charge is 2.09. The fourth-order valence-electron chi connectivity index (χ4n) is 1.51. The van der Waals surface area contributed by atoms with E-state index in [1.54, 1.807) is 30.4 Å². The average Bonchev–Trinajstić information content (AvgIpc) is 2.26. The van der Waals surface area contributed by atoms with Crippen LogP contribution in [0.4, 0.5) is 5.82 Å². The van der Waals surface area contributed by atoms with Gasteiger partial charge in [0.1, 0.15) is 11.0 Å². The minimum atomic E-state index is -3.23. The molecule has 1 aliphatic rings. The molecule has 0 bridgehead atoms. The second-order valence-corrected chi connectivity index (χ2v) is 6.50. The van der Waals surface area contributed by atoms with E-state index >= 15 is 0 Å². The van der Waals surface area contributed by atoms with E-state index in [1.807, 2.05) is 0 Å². The summed E-state index contributed by atoms with van der Waals surface area (Å²) in [5.41, 5.74) is 3.61. The van der Waals surface area contributed by atoms with Gasteiger partial charge in [-0.3, -0.25) is 10.4 Å². The van der Waals surface area contributed by atoms with E-state index in [4.69, 9.17) is 11.6 Å². The molecular formula is C11H13ClN4O2S. The third-order valence-corrected chi connectivity index (χ3v) is 3.63. The lowest BCUT2D eigenvalue weighted by molar-refractivity contribution is 0.373. The fraction of sp³-hybridized carbons (Fsp3) is 0.182. The molecule has 0 fully saturated rings. The average molecular weight is 301 g/mol. The van der Waals surface area contributed by atoms with Crippen LogP contribution in [-0.2, 0) is 9.84 Å². The fourth-order valence-corrected chi connectivity index (χ4v) is 2.32. The van der Waals surface area contributed by atoms with Crippen molar-refractivity contribution in [3.05, 3.63) is 41.5 Å². The monoisotopic (exact) mass is 300 g/mol. The van der Waals surface area contributed by atoms with Crippen LogP contribution >= 0.6 is 11.6 Å². The molecular weight excluding hydrogens is 288 g/mol. The van der Waals surface area contributed by atoms with Crippen molar-refractivity contribution in [3.63, 3.8) is 0 Å². The second-order valence-electron chi connectivity index (χ2n) is 4.08. The van der Waals surface area contributed by atoms with Crippen molar-refractivity contribution >= 4 is 27.3 Å². The highest BCUT2D eigenvalue weighted by atomic mass is 35.5. The molecule has 0 aromatic carbocycles. The van der Waals surface area contributed by atoms with Gasteiger partial charge < -0.3 is 5.32 Å². The Hall–Kier alpha value is -1.73. The lowest BCUT2D eigenvalue weighted by atomic mass is 10.4. The minimum absolute atomic E-state index is 0.183. The Labute approximate surface area is 116 Å². The van der Waals surface area contributed by atoms with E-state index < -0.39 is 9.84 Å². The van der Waals surface area contributed by atoms with Gasteiger partial charge in [0.15, 0.2) is 9.84 Å². The number of nitrogens with zero attached hydrogens (tertiary/aromatic N) is 2. The first kappa shape index (κ1) is 13.7. The molecule has 2 N–H and O–H groups in total. The van der Waals surface area contributed by atoms with Crippen LogP contribution in [-0.4, -0.2) is 31.7 Å². The molecule has 0 amide bonds. The number of allylic oxidation sites excluding steroid dienone is 1. The van der Waals surface area contributed by atoms with Crippen LogP contribution in [0.3, 0.4) is 0 Å². The van der Waals surface area contributed by atoms with Crippen LogP contribution in [0.15, 0.2) is 46.4 Å². The Kier molecular flexibility index (Phi) is 3.68. The van der Waals surface area contributed by atoms with Crippen LogP contribution in [0, 0.1) is 0 Å². The Morgan fingerprint density at radius 3 is 2.68 bits per heavy atom. The topological polar surface area (TPSA) is 74.3 Å². The molecule has 2 rings (SSSR count). The Morgan fingerprint density at radius 1 is 1.42 bits per heavy atom. The zero-order valence-corrected chi connectivity index (χ0v) is 12.0. The number of hydrogen-bond donors (Lipinski definition) is 2. The highest BCUT2D eigenvalue weighted by molar-refractivity contribution is 7.90. The van der Waals surface area contributed by atoms with Gasteiger partial charge >= 0.3 is 0 Å². The third-order valence-electron chi connectivity index (χ3n) is 2.34. The molecule has 8 heteroatoms. The van der Waals surface area contributed by atoms with Crippen molar-refractivity contribution < 1.29 is 8.42 Å². The number of halogens is 1. The van der Waals surface area contributed by atoms with Crippen molar-refractivity contribution in [3.8, 4) is 0 Å². The van der Waals surface area contributed by atoms with E-state index in [0.717, 1.165) is 12.0 Å². The first-order valence-corrected chi connectivity index (χ1v) is 7.63. The molecule has 2 heterocycles. The zero-order chi connectivity index (χ0) is 14.0. The largest absolute Gasteiger partial charge is 0.339 e. The van der Waals surface area contributed by atoms with Crippen molar-refractivity contribution in [2.45, 2.75) is 4.90 Å². The standard InChI is InChI=1S/C11H13ClN4O2S/c1-16-7-8(5-10(12)15-16)14-11-4-3-9(6-13-11)19(2,17)18/h3-7,15H,1-2H3,(H,13,14). The van der Waals surface area contributed by atoms with Crippen molar-refractivity contribution in [2.24, 2.45) is 0 Å². The van der Waals surface area contributed by atoms with Crippen molar-refractivity contribution in [1.82, 2.24) is 15.4 Å². The van der Waals surface area contributed by atoms with Gasteiger partial charge in [-0.15, -0.1) is 0 Å². The number of hydrogen-bond acceptors (Lipinski definition) is 6. The molecule has 1 aromatic heterocycles. The maximum atomic E-state index is 11.3. The lowest BCUT2D eigenvalue weighted by Gasteiger charge is -2.22. The van der Waals surface area contributed by atoms with Crippen LogP contribution in [0.2, 0.25) is 0 Å². The number of hydrazine groups is 1. The van der Waals surface area contributed by atoms with E-state index in [1.165, 1.54) is 12.3 Å². The van der Waals surface area contributed by atoms with Gasteiger partial charge in [0.25, 0.3) is 0 Å². The molecule has 102 valence electrons. The van der Waals surface area contributed by atoms with Gasteiger partial charge in [-0.1, -0.05) is 11.6 Å². The summed E-state index contributed by atoms with van der Waals surface area (Å²) < 4.78 is 22.6. The quantitative estimate of drug-likeness (QED) is 0.819. The first-order chi connectivity index (χ1) is 8.84. The number of rotatable bonds is 3. The minimum Gasteiger partial charge on any atom is -0.339 e. The van der Waals surface area contributed by atoms with E-state index in [-0.39, 0.29) is 4.90 Å². The van der Waals surface area contributed by atoms with E-state index in [9.17, 15) is 8.42 Å². The molecule has 0 saturated heterocycles. The lowest BCUT2D eigenvalue weighted by Crippen LogP contribution is -2.31. The Balaban J connectivity index is 2.17. The number of sulfone groups is 1. The summed E-state index contributed by atoms with van der Waals surface area (Å²) >= 11 is 5.89. The van der Waals surface area contributed by atoms with Crippen molar-refractivity contribution in [1.29, 1.82) is 0 Å². The zero-order valence-electron chi connectivity index (χ0n) is 10.4. The molecule has 0 spiro atoms. The summed E-state index contributed by atoms with van der Waals surface area (Å²) in [6.45, 7) is 0. The summed E-state index contributed by atoms with van der Waals surface area (Å²) in [5, 5.41) is 5.20. The molecule has 19 heavy (non-hydrogen) atoms. The molecule has 1 aliphatic heterocycles. The summed E-state index contributed by atoms with van der Waals surface area (Å²) in [6, 6.07) is 3.10. The van der Waals surface area contributed by atoms with Crippen LogP contribution in [0.1, 0.15) is 0 Å². The highest BCUT2D eigenvalue weighted by Crippen LogP contribution is 2.15. The third kappa shape index (κ3) is 3.62. The van der Waals surface area contributed by atoms with Crippen LogP contribution in [0.5, 0.6) is 0 Å². The van der Waals surface area contributed by atoms with Crippen LogP contribution in [0.25, 0.3) is 0 Å². The first-order valence-electron chi connectivity index (χ1n) is 5.36.